The maximum atomic E-state index is 8.69. The zero-order valence-electron chi connectivity index (χ0n) is 20.6. The Kier molecular flexibility index (Phi) is 6.53. The molecule has 0 amide bonds. The molecule has 2 aliphatic rings. The summed E-state index contributed by atoms with van der Waals surface area (Å²) in [6, 6.07) is 2.03. The highest BCUT2D eigenvalue weighted by atomic mass is 35.5. The van der Waals surface area contributed by atoms with Gasteiger partial charge in [-0.05, 0) is 37.6 Å². The SMILES string of the molecule is CCc1[nH]c2nc(Sc3cnc4c(=N)n(CC5OCCO5)c(C)nc4c3)nc(N3CC[C@@H](N)C3)c2c1Cl. The van der Waals surface area contributed by atoms with Gasteiger partial charge in [-0.3, -0.25) is 5.41 Å². The number of nitrogens with zero attached hydrogens (tertiary/aromatic N) is 6. The van der Waals surface area contributed by atoms with Crippen LogP contribution in [0, 0.1) is 12.3 Å². The Hall–Kier alpha value is -2.77. The number of aromatic nitrogens is 6. The van der Waals surface area contributed by atoms with Crippen molar-refractivity contribution in [1.29, 1.82) is 5.41 Å². The van der Waals surface area contributed by atoms with Gasteiger partial charge in [-0.15, -0.1) is 0 Å². The standard InChI is InChI=1S/C24H28ClN9O2S/c1-3-15-19(25)18-22(30-15)31-24(32-23(18)33-5-4-13(26)10-33)37-14-8-16-20(28-9-14)21(27)34(12(2)29-16)11-17-35-6-7-36-17/h8-9,13,17,27H,3-7,10-11,26H2,1-2H3,(H,30,31,32)/t13-/m1/s1. The van der Waals surface area contributed by atoms with E-state index in [0.717, 1.165) is 47.7 Å². The van der Waals surface area contributed by atoms with Crippen LogP contribution in [-0.2, 0) is 22.4 Å². The fourth-order valence-electron chi connectivity index (χ4n) is 4.84. The van der Waals surface area contributed by atoms with Crippen LogP contribution in [0.15, 0.2) is 22.3 Å². The molecule has 0 aromatic carbocycles. The Balaban J connectivity index is 1.36. The number of halogens is 1. The molecule has 2 saturated heterocycles. The molecule has 11 nitrogen and oxygen atoms in total. The monoisotopic (exact) mass is 541 g/mol. The number of hydrogen-bond acceptors (Lipinski definition) is 10. The molecule has 6 rings (SSSR count). The molecule has 0 bridgehead atoms. The van der Waals surface area contributed by atoms with Gasteiger partial charge in [0, 0.05) is 35.9 Å². The second kappa shape index (κ2) is 9.84. The normalized spacial score (nSPS) is 18.6. The molecule has 0 radical (unpaired) electrons. The van der Waals surface area contributed by atoms with E-state index in [1.807, 2.05) is 13.0 Å². The molecule has 13 heteroatoms. The number of H-pyrrole nitrogens is 1. The second-order valence-corrected chi connectivity index (χ2v) is 10.7. The summed E-state index contributed by atoms with van der Waals surface area (Å²) in [6.07, 6.45) is 3.03. The average Bonchev–Trinajstić information content (AvgIpc) is 3.62. The second-order valence-electron chi connectivity index (χ2n) is 9.25. The van der Waals surface area contributed by atoms with E-state index in [2.05, 4.69) is 21.8 Å². The summed E-state index contributed by atoms with van der Waals surface area (Å²) in [4.78, 5) is 25.3. The van der Waals surface area contributed by atoms with Gasteiger partial charge in [0.2, 0.25) is 0 Å². The lowest BCUT2D eigenvalue weighted by atomic mass is 10.3. The molecular weight excluding hydrogens is 514 g/mol. The third-order valence-corrected chi connectivity index (χ3v) is 7.98. The van der Waals surface area contributed by atoms with Crippen LogP contribution in [-0.4, -0.2) is 68.1 Å². The van der Waals surface area contributed by atoms with E-state index < -0.39 is 0 Å². The number of ether oxygens (including phenoxy) is 2. The van der Waals surface area contributed by atoms with Crippen LogP contribution >= 0.6 is 23.4 Å². The molecule has 6 heterocycles. The predicted octanol–water partition coefficient (Wildman–Crippen LogP) is 2.77. The first kappa shape index (κ1) is 24.6. The minimum Gasteiger partial charge on any atom is -0.354 e. The number of hydrogen-bond donors (Lipinski definition) is 3. The lowest BCUT2D eigenvalue weighted by Gasteiger charge is -2.18. The Morgan fingerprint density at radius 2 is 2.08 bits per heavy atom. The summed E-state index contributed by atoms with van der Waals surface area (Å²) in [5.74, 6) is 1.49. The fraction of sp³-hybridized carbons (Fsp3) is 0.458. The molecule has 0 unspecified atom stereocenters. The molecule has 1 atom stereocenters. The van der Waals surface area contributed by atoms with Crippen LogP contribution in [0.25, 0.3) is 22.1 Å². The van der Waals surface area contributed by atoms with E-state index in [0.29, 0.717) is 52.4 Å². The van der Waals surface area contributed by atoms with Gasteiger partial charge in [-0.1, -0.05) is 18.5 Å². The van der Waals surface area contributed by atoms with Crippen LogP contribution < -0.4 is 16.1 Å². The highest BCUT2D eigenvalue weighted by Gasteiger charge is 2.26. The van der Waals surface area contributed by atoms with E-state index in [4.69, 9.17) is 47.2 Å². The predicted molar refractivity (Wildman–Crippen MR) is 141 cm³/mol. The summed E-state index contributed by atoms with van der Waals surface area (Å²) in [5.41, 5.74) is 9.27. The lowest BCUT2D eigenvalue weighted by Crippen LogP contribution is -2.30. The molecule has 0 saturated carbocycles. The van der Waals surface area contributed by atoms with E-state index in [1.165, 1.54) is 11.8 Å². The number of aromatic amines is 1. The molecule has 4 aromatic heterocycles. The van der Waals surface area contributed by atoms with E-state index in [9.17, 15) is 0 Å². The lowest BCUT2D eigenvalue weighted by molar-refractivity contribution is -0.0537. The van der Waals surface area contributed by atoms with Gasteiger partial charge in [-0.2, -0.15) is 0 Å². The first-order valence-corrected chi connectivity index (χ1v) is 13.5. The van der Waals surface area contributed by atoms with Crippen LogP contribution in [0.2, 0.25) is 5.02 Å². The number of nitrogens with one attached hydrogen (secondary N) is 2. The van der Waals surface area contributed by atoms with Crippen molar-refractivity contribution in [2.24, 2.45) is 5.73 Å². The van der Waals surface area contributed by atoms with Gasteiger partial charge in [-0.25, -0.2) is 19.9 Å². The molecule has 2 aliphatic heterocycles. The molecule has 0 spiro atoms. The van der Waals surface area contributed by atoms with Crippen LogP contribution in [0.1, 0.15) is 24.9 Å². The van der Waals surface area contributed by atoms with E-state index in [1.54, 1.807) is 10.8 Å². The van der Waals surface area contributed by atoms with E-state index >= 15 is 0 Å². The molecule has 4 N–H and O–H groups in total. The quantitative estimate of drug-likeness (QED) is 0.314. The summed E-state index contributed by atoms with van der Waals surface area (Å²) >= 11 is 8.12. The summed E-state index contributed by atoms with van der Waals surface area (Å²) < 4.78 is 12.9. The average molecular weight is 542 g/mol. The number of fused-ring (bicyclic) bond motifs is 2. The molecule has 4 aromatic rings. The first-order chi connectivity index (χ1) is 17.9. The van der Waals surface area contributed by atoms with Crippen molar-refractivity contribution in [2.45, 2.75) is 55.6 Å². The van der Waals surface area contributed by atoms with Crippen LogP contribution in [0.4, 0.5) is 5.82 Å². The number of pyridine rings is 1. The highest BCUT2D eigenvalue weighted by Crippen LogP contribution is 2.37. The number of aryl methyl sites for hydroxylation is 2. The van der Waals surface area contributed by atoms with Gasteiger partial charge in [0.05, 0.1) is 35.7 Å². The van der Waals surface area contributed by atoms with Crippen molar-refractivity contribution in [1.82, 2.24) is 29.5 Å². The maximum absolute atomic E-state index is 8.69. The Morgan fingerprint density at radius 3 is 2.81 bits per heavy atom. The van der Waals surface area contributed by atoms with Crippen molar-refractivity contribution in [3.05, 3.63) is 34.3 Å². The van der Waals surface area contributed by atoms with Crippen molar-refractivity contribution in [2.75, 3.05) is 31.2 Å². The highest BCUT2D eigenvalue weighted by molar-refractivity contribution is 7.99. The van der Waals surface area contributed by atoms with Crippen molar-refractivity contribution >= 4 is 51.2 Å². The molecule has 37 heavy (non-hydrogen) atoms. The number of rotatable bonds is 6. The Labute approximate surface area is 222 Å². The topological polar surface area (TPSA) is 144 Å². The Bertz CT molecular complexity index is 1550. The van der Waals surface area contributed by atoms with Crippen molar-refractivity contribution < 1.29 is 9.47 Å². The molecular formula is C24H28ClN9O2S. The fourth-order valence-corrected chi connectivity index (χ4v) is 5.95. The van der Waals surface area contributed by atoms with Gasteiger partial charge >= 0.3 is 0 Å². The zero-order valence-corrected chi connectivity index (χ0v) is 22.2. The van der Waals surface area contributed by atoms with Crippen LogP contribution in [0.5, 0.6) is 0 Å². The smallest absolute Gasteiger partial charge is 0.196 e. The van der Waals surface area contributed by atoms with Crippen molar-refractivity contribution in [3.63, 3.8) is 0 Å². The molecule has 2 fully saturated rings. The third kappa shape index (κ3) is 4.57. The molecule has 194 valence electrons. The van der Waals surface area contributed by atoms with Gasteiger partial charge in [0.1, 0.15) is 22.8 Å². The number of anilines is 1. The zero-order chi connectivity index (χ0) is 25.7. The minimum absolute atomic E-state index is 0.108. The largest absolute Gasteiger partial charge is 0.354 e. The first-order valence-electron chi connectivity index (χ1n) is 12.3. The summed E-state index contributed by atoms with van der Waals surface area (Å²) in [6.45, 7) is 7.00. The van der Waals surface area contributed by atoms with Crippen LogP contribution in [0.3, 0.4) is 0 Å². The number of nitrogens with two attached hydrogens (primary N) is 1. The van der Waals surface area contributed by atoms with Gasteiger partial charge in [0.15, 0.2) is 16.9 Å². The Morgan fingerprint density at radius 1 is 1.27 bits per heavy atom. The van der Waals surface area contributed by atoms with Crippen molar-refractivity contribution in [3.8, 4) is 0 Å². The minimum atomic E-state index is -0.372. The summed E-state index contributed by atoms with van der Waals surface area (Å²) in [7, 11) is 0. The van der Waals surface area contributed by atoms with Gasteiger partial charge < -0.3 is 29.7 Å². The van der Waals surface area contributed by atoms with E-state index in [-0.39, 0.29) is 17.8 Å². The third-order valence-electron chi connectivity index (χ3n) is 6.74. The molecule has 0 aliphatic carbocycles. The van der Waals surface area contributed by atoms with Gasteiger partial charge in [0.25, 0.3) is 0 Å². The maximum Gasteiger partial charge on any atom is 0.196 e. The summed E-state index contributed by atoms with van der Waals surface area (Å²) in [5, 5.41) is 10.8.